The van der Waals surface area contributed by atoms with E-state index in [1.165, 1.54) is 16.9 Å². The number of aromatic nitrogens is 1. The van der Waals surface area contributed by atoms with E-state index in [9.17, 15) is 4.79 Å². The normalized spacial score (nSPS) is 15.0. The third kappa shape index (κ3) is 6.88. The number of hydrogen-bond donors (Lipinski definition) is 1. The van der Waals surface area contributed by atoms with Gasteiger partial charge in [-0.05, 0) is 38.0 Å². The number of nitrogens with zero attached hydrogens (tertiary/aromatic N) is 4. The molecule has 1 fully saturated rings. The molecule has 3 aromatic rings. The van der Waals surface area contributed by atoms with Crippen molar-refractivity contribution >= 4 is 28.8 Å². The highest BCUT2D eigenvalue weighted by molar-refractivity contribution is 7.14. The van der Waals surface area contributed by atoms with Crippen LogP contribution < -0.4 is 5.43 Å². The summed E-state index contributed by atoms with van der Waals surface area (Å²) >= 11 is 1.53. The van der Waals surface area contributed by atoms with E-state index in [1.807, 2.05) is 74.8 Å². The summed E-state index contributed by atoms with van der Waals surface area (Å²) in [6, 6.07) is 18.5. The molecule has 0 atom stereocenters. The molecule has 1 saturated heterocycles. The molecule has 0 bridgehead atoms. The average molecular weight is 478 g/mol. The van der Waals surface area contributed by atoms with Gasteiger partial charge in [-0.2, -0.15) is 5.10 Å². The molecule has 1 N–H and O–H groups in total. The maximum absolute atomic E-state index is 12.3. The number of hydrazone groups is 1. The van der Waals surface area contributed by atoms with E-state index in [4.69, 9.17) is 4.74 Å². The lowest BCUT2D eigenvalue weighted by Crippen LogP contribution is -2.49. The molecule has 0 spiro atoms. The monoisotopic (exact) mass is 477 g/mol. The fourth-order valence-corrected chi connectivity index (χ4v) is 4.34. The second kappa shape index (κ2) is 10.8. The fourth-order valence-electron chi connectivity index (χ4n) is 3.67. The predicted molar refractivity (Wildman–Crippen MR) is 138 cm³/mol. The maximum Gasteiger partial charge on any atom is 0.410 e. The highest BCUT2D eigenvalue weighted by Crippen LogP contribution is 2.24. The Morgan fingerprint density at radius 3 is 2.62 bits per heavy atom. The Morgan fingerprint density at radius 1 is 1.12 bits per heavy atom. The second-order valence-corrected chi connectivity index (χ2v) is 10.1. The van der Waals surface area contributed by atoms with Gasteiger partial charge in [0.25, 0.3) is 0 Å². The third-order valence-corrected chi connectivity index (χ3v) is 6.08. The number of hydrogen-bond acceptors (Lipinski definition) is 7. The van der Waals surface area contributed by atoms with Gasteiger partial charge in [-0.1, -0.05) is 48.5 Å². The van der Waals surface area contributed by atoms with Crippen LogP contribution in [0.15, 0.2) is 65.1 Å². The Labute approximate surface area is 205 Å². The highest BCUT2D eigenvalue weighted by Gasteiger charge is 2.25. The maximum atomic E-state index is 12.3. The number of ether oxygens (including phenoxy) is 1. The SMILES string of the molecule is CC(C)(C)OC(=O)N1CCN(Cc2cccc(C=NNc3nc(-c4ccccc4)cs3)c2)CC1. The van der Waals surface area contributed by atoms with Crippen molar-refractivity contribution in [3.8, 4) is 11.3 Å². The van der Waals surface area contributed by atoms with Gasteiger partial charge in [-0.3, -0.25) is 10.3 Å². The van der Waals surface area contributed by atoms with Gasteiger partial charge in [0.15, 0.2) is 0 Å². The number of carbonyl (C=O) groups is 1. The van der Waals surface area contributed by atoms with Crippen LogP contribution in [0, 0.1) is 0 Å². The molecular weight excluding hydrogens is 446 g/mol. The second-order valence-electron chi connectivity index (χ2n) is 9.26. The number of benzene rings is 2. The fraction of sp³-hybridized carbons (Fsp3) is 0.346. The zero-order valence-electron chi connectivity index (χ0n) is 19.9. The highest BCUT2D eigenvalue weighted by atomic mass is 32.1. The molecule has 0 aliphatic carbocycles. The summed E-state index contributed by atoms with van der Waals surface area (Å²) in [7, 11) is 0. The van der Waals surface area contributed by atoms with Crippen LogP contribution in [-0.4, -0.2) is 58.9 Å². The van der Waals surface area contributed by atoms with E-state index >= 15 is 0 Å². The topological polar surface area (TPSA) is 70.1 Å². The minimum Gasteiger partial charge on any atom is -0.444 e. The van der Waals surface area contributed by atoms with Crippen LogP contribution in [0.1, 0.15) is 31.9 Å². The first-order valence-corrected chi connectivity index (χ1v) is 12.3. The summed E-state index contributed by atoms with van der Waals surface area (Å²) < 4.78 is 5.48. The zero-order valence-corrected chi connectivity index (χ0v) is 20.7. The summed E-state index contributed by atoms with van der Waals surface area (Å²) in [5.74, 6) is 0. The van der Waals surface area contributed by atoms with Crippen LogP contribution in [0.5, 0.6) is 0 Å². The molecule has 2 heterocycles. The number of amides is 1. The number of nitrogens with one attached hydrogen (secondary N) is 1. The first kappa shape index (κ1) is 23.9. The standard InChI is InChI=1S/C26H31N5O2S/c1-26(2,3)33-25(32)31-14-12-30(13-15-31)18-21-9-7-8-20(16-21)17-27-29-24-28-23(19-34-24)22-10-5-4-6-11-22/h4-11,16-17,19H,12-15,18H2,1-3H3,(H,28,29). The average Bonchev–Trinajstić information content (AvgIpc) is 3.28. The molecule has 1 aliphatic rings. The predicted octanol–water partition coefficient (Wildman–Crippen LogP) is 5.31. The van der Waals surface area contributed by atoms with Gasteiger partial charge in [-0.25, -0.2) is 9.78 Å². The Kier molecular flexibility index (Phi) is 7.59. The first-order chi connectivity index (χ1) is 16.4. The van der Waals surface area contributed by atoms with E-state index < -0.39 is 5.60 Å². The molecule has 7 nitrogen and oxygen atoms in total. The van der Waals surface area contributed by atoms with Crippen LogP contribution in [0.4, 0.5) is 9.93 Å². The summed E-state index contributed by atoms with van der Waals surface area (Å²) in [4.78, 5) is 21.0. The first-order valence-electron chi connectivity index (χ1n) is 11.4. The van der Waals surface area contributed by atoms with Gasteiger partial charge >= 0.3 is 6.09 Å². The lowest BCUT2D eigenvalue weighted by Gasteiger charge is -2.35. The summed E-state index contributed by atoms with van der Waals surface area (Å²) in [5, 5.41) is 7.15. The quantitative estimate of drug-likeness (QED) is 0.385. The van der Waals surface area contributed by atoms with Crippen molar-refractivity contribution < 1.29 is 9.53 Å². The molecule has 8 heteroatoms. The van der Waals surface area contributed by atoms with Crippen molar-refractivity contribution in [2.24, 2.45) is 5.10 Å². The molecule has 1 aromatic heterocycles. The zero-order chi connectivity index (χ0) is 24.0. The van der Waals surface area contributed by atoms with Crippen LogP contribution in [0.25, 0.3) is 11.3 Å². The van der Waals surface area contributed by atoms with Crippen molar-refractivity contribution in [1.82, 2.24) is 14.8 Å². The molecule has 0 saturated carbocycles. The van der Waals surface area contributed by atoms with Gasteiger partial charge in [0.2, 0.25) is 5.13 Å². The van der Waals surface area contributed by atoms with Crippen molar-refractivity contribution in [3.63, 3.8) is 0 Å². The van der Waals surface area contributed by atoms with Crippen molar-refractivity contribution in [3.05, 3.63) is 71.1 Å². The van der Waals surface area contributed by atoms with Crippen LogP contribution in [0.3, 0.4) is 0 Å². The summed E-state index contributed by atoms with van der Waals surface area (Å²) in [6.07, 6.45) is 1.59. The largest absolute Gasteiger partial charge is 0.444 e. The molecular formula is C26H31N5O2S. The molecule has 1 amide bonds. The Morgan fingerprint density at radius 2 is 1.88 bits per heavy atom. The van der Waals surface area contributed by atoms with E-state index in [2.05, 4.69) is 32.5 Å². The van der Waals surface area contributed by atoms with Crippen molar-refractivity contribution in [1.29, 1.82) is 0 Å². The molecule has 34 heavy (non-hydrogen) atoms. The molecule has 2 aromatic carbocycles. The third-order valence-electron chi connectivity index (χ3n) is 5.33. The number of thiazole rings is 1. The molecule has 4 rings (SSSR count). The van der Waals surface area contributed by atoms with Crippen molar-refractivity contribution in [2.75, 3.05) is 31.6 Å². The Balaban J connectivity index is 1.27. The van der Waals surface area contributed by atoms with Gasteiger partial charge in [0, 0.05) is 43.7 Å². The van der Waals surface area contributed by atoms with Crippen molar-refractivity contribution in [2.45, 2.75) is 32.9 Å². The smallest absolute Gasteiger partial charge is 0.410 e. The summed E-state index contributed by atoms with van der Waals surface area (Å²) in [6.45, 7) is 9.53. The molecule has 0 unspecified atom stereocenters. The number of anilines is 1. The van der Waals surface area contributed by atoms with E-state index in [0.29, 0.717) is 13.1 Å². The minimum absolute atomic E-state index is 0.228. The minimum atomic E-state index is -0.463. The van der Waals surface area contributed by atoms with Gasteiger partial charge < -0.3 is 9.64 Å². The van der Waals surface area contributed by atoms with E-state index in [1.54, 1.807) is 4.90 Å². The lowest BCUT2D eigenvalue weighted by molar-refractivity contribution is 0.0139. The number of piperazine rings is 1. The molecule has 178 valence electrons. The van der Waals surface area contributed by atoms with Crippen LogP contribution in [0.2, 0.25) is 0 Å². The van der Waals surface area contributed by atoms with Gasteiger partial charge in [0.05, 0.1) is 11.9 Å². The molecule has 0 radical (unpaired) electrons. The molecule has 1 aliphatic heterocycles. The van der Waals surface area contributed by atoms with Crippen LogP contribution in [-0.2, 0) is 11.3 Å². The van der Waals surface area contributed by atoms with Crippen LogP contribution >= 0.6 is 11.3 Å². The lowest BCUT2D eigenvalue weighted by atomic mass is 10.1. The number of carbonyl (C=O) groups excluding carboxylic acids is 1. The van der Waals surface area contributed by atoms with E-state index in [0.717, 1.165) is 41.6 Å². The van der Waals surface area contributed by atoms with Gasteiger partial charge in [0.1, 0.15) is 5.60 Å². The Hall–Kier alpha value is -3.23. The number of rotatable bonds is 6. The summed E-state index contributed by atoms with van der Waals surface area (Å²) in [5.41, 5.74) is 6.85. The van der Waals surface area contributed by atoms with E-state index in [-0.39, 0.29) is 6.09 Å². The van der Waals surface area contributed by atoms with Gasteiger partial charge in [-0.15, -0.1) is 11.3 Å². The Bertz CT molecular complexity index is 1120.